The lowest BCUT2D eigenvalue weighted by molar-refractivity contribution is 0.0674. The van der Waals surface area contributed by atoms with Gasteiger partial charge in [0.1, 0.15) is 0 Å². The van der Waals surface area contributed by atoms with Crippen LogP contribution in [-0.2, 0) is 0 Å². The van der Waals surface area contributed by atoms with Crippen molar-refractivity contribution in [2.45, 2.75) is 52.0 Å². The predicted octanol–water partition coefficient (Wildman–Crippen LogP) is 4.16. The van der Waals surface area contributed by atoms with Crippen molar-refractivity contribution in [1.82, 2.24) is 4.90 Å². The number of carbonyl (C=O) groups excluding carboxylic acids is 1. The van der Waals surface area contributed by atoms with Gasteiger partial charge < -0.3 is 10.2 Å². The second-order valence-electron chi connectivity index (χ2n) is 6.11. The Kier molecular flexibility index (Phi) is 5.66. The second-order valence-corrected chi connectivity index (χ2v) is 6.11. The van der Waals surface area contributed by atoms with Crippen LogP contribution in [0.25, 0.3) is 0 Å². The third-order valence-corrected chi connectivity index (χ3v) is 4.77. The fourth-order valence-corrected chi connectivity index (χ4v) is 3.24. The van der Waals surface area contributed by atoms with E-state index in [-0.39, 0.29) is 5.91 Å². The monoisotopic (exact) mass is 288 g/mol. The van der Waals surface area contributed by atoms with Crippen LogP contribution in [-0.4, -0.2) is 30.4 Å². The van der Waals surface area contributed by atoms with Gasteiger partial charge in [-0.1, -0.05) is 13.3 Å². The first-order chi connectivity index (χ1) is 10.2. The van der Waals surface area contributed by atoms with Crippen LogP contribution >= 0.6 is 0 Å². The van der Waals surface area contributed by atoms with Crippen molar-refractivity contribution in [3.8, 4) is 0 Å². The highest BCUT2D eigenvalue weighted by molar-refractivity contribution is 5.94. The van der Waals surface area contributed by atoms with Crippen molar-refractivity contribution in [1.29, 1.82) is 0 Å². The van der Waals surface area contributed by atoms with Gasteiger partial charge in [-0.15, -0.1) is 0 Å². The summed E-state index contributed by atoms with van der Waals surface area (Å²) in [7, 11) is 1.96. The predicted molar refractivity (Wildman–Crippen MR) is 88.7 cm³/mol. The molecule has 1 amide bonds. The highest BCUT2D eigenvalue weighted by Crippen LogP contribution is 2.29. The standard InChI is InChI=1S/C18H28N2O/c1-4-14-6-12-17(13-7-14)20(3)18(21)15-8-10-16(11-9-15)19-5-2/h8-11,14,17,19H,4-7,12-13H2,1-3H3. The molecule has 0 heterocycles. The minimum absolute atomic E-state index is 0.151. The molecule has 0 spiro atoms. The zero-order valence-electron chi connectivity index (χ0n) is 13.6. The van der Waals surface area contributed by atoms with E-state index in [1.54, 1.807) is 0 Å². The lowest BCUT2D eigenvalue weighted by atomic mass is 9.84. The fourth-order valence-electron chi connectivity index (χ4n) is 3.24. The lowest BCUT2D eigenvalue weighted by Gasteiger charge is -2.34. The largest absolute Gasteiger partial charge is 0.385 e. The number of hydrogen-bond donors (Lipinski definition) is 1. The van der Waals surface area contributed by atoms with E-state index in [9.17, 15) is 4.79 Å². The molecule has 0 atom stereocenters. The van der Waals surface area contributed by atoms with Gasteiger partial charge >= 0.3 is 0 Å². The molecule has 1 aliphatic carbocycles. The molecule has 1 aromatic rings. The van der Waals surface area contributed by atoms with Crippen LogP contribution < -0.4 is 5.32 Å². The van der Waals surface area contributed by atoms with E-state index in [0.717, 1.165) is 36.6 Å². The van der Waals surface area contributed by atoms with Crippen LogP contribution in [0.5, 0.6) is 0 Å². The minimum atomic E-state index is 0.151. The number of benzene rings is 1. The zero-order valence-corrected chi connectivity index (χ0v) is 13.6. The topological polar surface area (TPSA) is 32.3 Å². The molecule has 0 bridgehead atoms. The van der Waals surface area contributed by atoms with E-state index >= 15 is 0 Å². The molecule has 1 N–H and O–H groups in total. The summed E-state index contributed by atoms with van der Waals surface area (Å²) in [5.74, 6) is 1.02. The summed E-state index contributed by atoms with van der Waals surface area (Å²) < 4.78 is 0. The molecule has 0 saturated heterocycles. The van der Waals surface area contributed by atoms with Crippen molar-refractivity contribution in [2.75, 3.05) is 18.9 Å². The van der Waals surface area contributed by atoms with Crippen molar-refractivity contribution >= 4 is 11.6 Å². The zero-order chi connectivity index (χ0) is 15.2. The summed E-state index contributed by atoms with van der Waals surface area (Å²) in [6, 6.07) is 8.23. The van der Waals surface area contributed by atoms with E-state index in [2.05, 4.69) is 19.2 Å². The number of nitrogens with one attached hydrogen (secondary N) is 1. The van der Waals surface area contributed by atoms with Crippen molar-refractivity contribution in [3.05, 3.63) is 29.8 Å². The van der Waals surface area contributed by atoms with Gasteiger partial charge in [0, 0.05) is 30.9 Å². The van der Waals surface area contributed by atoms with Gasteiger partial charge in [-0.3, -0.25) is 4.79 Å². The average Bonchev–Trinajstić information content (AvgIpc) is 2.54. The van der Waals surface area contributed by atoms with Crippen LogP contribution in [0.1, 0.15) is 56.3 Å². The number of amides is 1. The molecular weight excluding hydrogens is 260 g/mol. The molecule has 2 rings (SSSR count). The Morgan fingerprint density at radius 1 is 1.14 bits per heavy atom. The van der Waals surface area contributed by atoms with Gasteiger partial charge in [-0.25, -0.2) is 0 Å². The summed E-state index contributed by atoms with van der Waals surface area (Å²) in [6.45, 7) is 5.24. The Balaban J connectivity index is 1.95. The summed E-state index contributed by atoms with van der Waals surface area (Å²) in [5.41, 5.74) is 1.86. The molecule has 1 saturated carbocycles. The molecular formula is C18H28N2O. The quantitative estimate of drug-likeness (QED) is 0.882. The molecule has 0 unspecified atom stereocenters. The molecule has 0 radical (unpaired) electrons. The van der Waals surface area contributed by atoms with Crippen molar-refractivity contribution in [3.63, 3.8) is 0 Å². The van der Waals surface area contributed by atoms with Crippen molar-refractivity contribution in [2.24, 2.45) is 5.92 Å². The second kappa shape index (κ2) is 7.48. The number of rotatable bonds is 5. The molecule has 1 fully saturated rings. The first-order valence-corrected chi connectivity index (χ1v) is 8.26. The van der Waals surface area contributed by atoms with E-state index in [1.165, 1.54) is 19.3 Å². The van der Waals surface area contributed by atoms with Crippen LogP contribution in [0.3, 0.4) is 0 Å². The Morgan fingerprint density at radius 2 is 1.76 bits per heavy atom. The normalized spacial score (nSPS) is 21.9. The summed E-state index contributed by atoms with van der Waals surface area (Å²) in [6.07, 6.45) is 6.10. The van der Waals surface area contributed by atoms with Crippen LogP contribution in [0.4, 0.5) is 5.69 Å². The molecule has 21 heavy (non-hydrogen) atoms. The van der Waals surface area contributed by atoms with E-state index < -0.39 is 0 Å². The minimum Gasteiger partial charge on any atom is -0.385 e. The summed E-state index contributed by atoms with van der Waals surface area (Å²) >= 11 is 0. The smallest absolute Gasteiger partial charge is 0.253 e. The maximum absolute atomic E-state index is 12.6. The van der Waals surface area contributed by atoms with Gasteiger partial charge in [0.15, 0.2) is 0 Å². The van der Waals surface area contributed by atoms with Crippen LogP contribution in [0.2, 0.25) is 0 Å². The van der Waals surface area contributed by atoms with E-state index in [0.29, 0.717) is 6.04 Å². The summed E-state index contributed by atoms with van der Waals surface area (Å²) in [4.78, 5) is 14.5. The molecule has 3 nitrogen and oxygen atoms in total. The summed E-state index contributed by atoms with van der Waals surface area (Å²) in [5, 5.41) is 3.25. The van der Waals surface area contributed by atoms with Gasteiger partial charge in [-0.05, 0) is 62.8 Å². The number of nitrogens with zero attached hydrogens (tertiary/aromatic N) is 1. The SMILES string of the molecule is CCNc1ccc(C(=O)N(C)C2CCC(CC)CC2)cc1. The highest BCUT2D eigenvalue weighted by atomic mass is 16.2. The van der Waals surface area contributed by atoms with Gasteiger partial charge in [0.25, 0.3) is 5.91 Å². The Morgan fingerprint density at radius 3 is 2.29 bits per heavy atom. The van der Waals surface area contributed by atoms with Gasteiger partial charge in [-0.2, -0.15) is 0 Å². The third-order valence-electron chi connectivity index (χ3n) is 4.77. The molecule has 0 aliphatic heterocycles. The van der Waals surface area contributed by atoms with Gasteiger partial charge in [0.05, 0.1) is 0 Å². The van der Waals surface area contributed by atoms with E-state index in [4.69, 9.17) is 0 Å². The highest BCUT2D eigenvalue weighted by Gasteiger charge is 2.26. The molecule has 1 aromatic carbocycles. The number of hydrogen-bond acceptors (Lipinski definition) is 2. The number of carbonyl (C=O) groups is 1. The maximum atomic E-state index is 12.6. The maximum Gasteiger partial charge on any atom is 0.253 e. The Bertz CT molecular complexity index is 447. The van der Waals surface area contributed by atoms with Crippen LogP contribution in [0.15, 0.2) is 24.3 Å². The molecule has 0 aromatic heterocycles. The average molecular weight is 288 g/mol. The van der Waals surface area contributed by atoms with Gasteiger partial charge in [0.2, 0.25) is 0 Å². The molecule has 1 aliphatic rings. The lowest BCUT2D eigenvalue weighted by Crippen LogP contribution is -2.39. The van der Waals surface area contributed by atoms with Crippen molar-refractivity contribution < 1.29 is 4.79 Å². The van der Waals surface area contributed by atoms with E-state index in [1.807, 2.05) is 36.2 Å². The third kappa shape index (κ3) is 3.99. The fraction of sp³-hybridized carbons (Fsp3) is 0.611. The number of anilines is 1. The Labute approximate surface area is 128 Å². The molecule has 116 valence electrons. The first kappa shape index (κ1) is 15.9. The first-order valence-electron chi connectivity index (χ1n) is 8.26. The van der Waals surface area contributed by atoms with Crippen LogP contribution in [0, 0.1) is 5.92 Å². The Hall–Kier alpha value is -1.51. The molecule has 3 heteroatoms.